The van der Waals surface area contributed by atoms with Gasteiger partial charge in [0.2, 0.25) is 0 Å². The van der Waals surface area contributed by atoms with E-state index in [2.05, 4.69) is 16.1 Å². The van der Waals surface area contributed by atoms with Crippen LogP contribution in [-0.2, 0) is 16.2 Å². The lowest BCUT2D eigenvalue weighted by atomic mass is 10.1. The standard InChI is InChI=1S/C27H23F3N2O3S2/c28-27(29,30)25-12-6-20(16-26(25)35-21-13-14-31-17-21)32-37(33,34)24-10-8-22(9-11-24)36-23-7-5-18-3-1-2-4-19(18)15-23/h1-12,15-16,21,31-32H,13-14,17H2/t21-/m1/s1. The Labute approximate surface area is 217 Å². The minimum atomic E-state index is -4.63. The molecule has 4 aromatic carbocycles. The van der Waals surface area contributed by atoms with Crippen LogP contribution in [0, 0.1) is 0 Å². The van der Waals surface area contributed by atoms with Crippen molar-refractivity contribution in [3.8, 4) is 5.75 Å². The number of alkyl halides is 3. The highest BCUT2D eigenvalue weighted by atomic mass is 32.2. The van der Waals surface area contributed by atoms with Crippen molar-refractivity contribution >= 4 is 38.2 Å². The van der Waals surface area contributed by atoms with Crippen LogP contribution in [0.5, 0.6) is 5.75 Å². The van der Waals surface area contributed by atoms with Gasteiger partial charge in [-0.1, -0.05) is 42.1 Å². The third-order valence-corrected chi connectivity index (χ3v) is 8.33. The number of sulfonamides is 1. The van der Waals surface area contributed by atoms with E-state index in [1.54, 1.807) is 12.1 Å². The van der Waals surface area contributed by atoms with Crippen molar-refractivity contribution in [3.63, 3.8) is 0 Å². The summed E-state index contributed by atoms with van der Waals surface area (Å²) in [5.41, 5.74) is -0.957. The Morgan fingerprint density at radius 2 is 1.62 bits per heavy atom. The van der Waals surface area contributed by atoms with Gasteiger partial charge in [-0.2, -0.15) is 13.2 Å². The zero-order valence-electron chi connectivity index (χ0n) is 19.5. The van der Waals surface area contributed by atoms with E-state index in [1.165, 1.54) is 23.9 Å². The Morgan fingerprint density at radius 1 is 0.892 bits per heavy atom. The number of anilines is 1. The molecule has 0 bridgehead atoms. The number of rotatable bonds is 7. The topological polar surface area (TPSA) is 67.4 Å². The highest BCUT2D eigenvalue weighted by Gasteiger charge is 2.35. The predicted octanol–water partition coefficient (Wildman–Crippen LogP) is 6.55. The normalized spacial score (nSPS) is 16.1. The van der Waals surface area contributed by atoms with Crippen LogP contribution >= 0.6 is 11.8 Å². The van der Waals surface area contributed by atoms with Crippen molar-refractivity contribution in [1.29, 1.82) is 0 Å². The summed E-state index contributed by atoms with van der Waals surface area (Å²) >= 11 is 1.50. The van der Waals surface area contributed by atoms with Crippen molar-refractivity contribution in [1.82, 2.24) is 5.32 Å². The average molecular weight is 545 g/mol. The van der Waals surface area contributed by atoms with E-state index in [9.17, 15) is 21.6 Å². The molecule has 2 N–H and O–H groups in total. The highest BCUT2D eigenvalue weighted by molar-refractivity contribution is 7.99. The van der Waals surface area contributed by atoms with E-state index < -0.39 is 33.6 Å². The molecule has 1 fully saturated rings. The van der Waals surface area contributed by atoms with E-state index in [0.29, 0.717) is 19.5 Å². The van der Waals surface area contributed by atoms with Crippen LogP contribution in [0.1, 0.15) is 12.0 Å². The summed E-state index contributed by atoms with van der Waals surface area (Å²) in [6.45, 7) is 1.07. The molecule has 0 saturated carbocycles. The van der Waals surface area contributed by atoms with Crippen molar-refractivity contribution in [2.24, 2.45) is 0 Å². The molecule has 0 aliphatic carbocycles. The van der Waals surface area contributed by atoms with Gasteiger partial charge in [-0.3, -0.25) is 4.72 Å². The van der Waals surface area contributed by atoms with Gasteiger partial charge in [-0.05, 0) is 72.3 Å². The molecular formula is C27H23F3N2O3S2. The second-order valence-corrected chi connectivity index (χ2v) is 11.5. The van der Waals surface area contributed by atoms with Gasteiger partial charge >= 0.3 is 6.18 Å². The molecular weight excluding hydrogens is 521 g/mol. The molecule has 5 rings (SSSR count). The van der Waals surface area contributed by atoms with E-state index in [4.69, 9.17) is 4.74 Å². The predicted molar refractivity (Wildman–Crippen MR) is 139 cm³/mol. The third kappa shape index (κ3) is 6.03. The number of benzene rings is 4. The first-order valence-electron chi connectivity index (χ1n) is 11.6. The lowest BCUT2D eigenvalue weighted by Crippen LogP contribution is -2.22. The average Bonchev–Trinajstić information content (AvgIpc) is 3.36. The second-order valence-electron chi connectivity index (χ2n) is 8.63. The Morgan fingerprint density at radius 3 is 2.32 bits per heavy atom. The van der Waals surface area contributed by atoms with Gasteiger partial charge in [0.1, 0.15) is 11.9 Å². The molecule has 1 aliphatic heterocycles. The molecule has 0 aromatic heterocycles. The fraction of sp³-hybridized carbons (Fsp3) is 0.185. The monoisotopic (exact) mass is 544 g/mol. The summed E-state index contributed by atoms with van der Waals surface area (Å²) in [6, 6.07) is 23.5. The number of nitrogens with one attached hydrogen (secondary N) is 2. The summed E-state index contributed by atoms with van der Waals surface area (Å²) in [7, 11) is -4.03. The summed E-state index contributed by atoms with van der Waals surface area (Å²) < 4.78 is 74.3. The number of fused-ring (bicyclic) bond motifs is 1. The molecule has 0 spiro atoms. The largest absolute Gasteiger partial charge is 0.488 e. The van der Waals surface area contributed by atoms with Crippen molar-refractivity contribution in [2.75, 3.05) is 17.8 Å². The SMILES string of the molecule is O=S(=O)(Nc1ccc(C(F)(F)F)c(O[C@@H]2CCNC2)c1)c1ccc(Sc2ccc3ccccc3c2)cc1. The van der Waals surface area contributed by atoms with E-state index in [1.807, 2.05) is 36.4 Å². The molecule has 0 amide bonds. The van der Waals surface area contributed by atoms with Crippen molar-refractivity contribution < 1.29 is 26.3 Å². The molecule has 5 nitrogen and oxygen atoms in total. The maximum Gasteiger partial charge on any atom is 0.419 e. The van der Waals surface area contributed by atoms with Gasteiger partial charge in [0.25, 0.3) is 10.0 Å². The second kappa shape index (κ2) is 10.3. The quantitative estimate of drug-likeness (QED) is 0.276. The summed E-state index contributed by atoms with van der Waals surface area (Å²) in [5.74, 6) is -0.400. The van der Waals surface area contributed by atoms with Gasteiger partial charge in [-0.25, -0.2) is 8.42 Å². The third-order valence-electron chi connectivity index (χ3n) is 5.94. The number of hydrogen-bond acceptors (Lipinski definition) is 5. The van der Waals surface area contributed by atoms with Crippen molar-refractivity contribution in [2.45, 2.75) is 33.4 Å². The zero-order chi connectivity index (χ0) is 26.0. The van der Waals surface area contributed by atoms with E-state index >= 15 is 0 Å². The van der Waals surface area contributed by atoms with Gasteiger partial charge in [0.05, 0.1) is 16.1 Å². The first-order chi connectivity index (χ1) is 17.7. The minimum Gasteiger partial charge on any atom is -0.488 e. The smallest absolute Gasteiger partial charge is 0.419 e. The number of hydrogen-bond donors (Lipinski definition) is 2. The van der Waals surface area contributed by atoms with Gasteiger partial charge in [0.15, 0.2) is 0 Å². The molecule has 1 atom stereocenters. The molecule has 1 heterocycles. The first kappa shape index (κ1) is 25.4. The fourth-order valence-electron chi connectivity index (χ4n) is 4.09. The molecule has 4 aromatic rings. The highest BCUT2D eigenvalue weighted by Crippen LogP contribution is 2.39. The summed E-state index contributed by atoms with van der Waals surface area (Å²) in [5, 5.41) is 5.28. The van der Waals surface area contributed by atoms with Crippen LogP contribution in [0.3, 0.4) is 0 Å². The first-order valence-corrected chi connectivity index (χ1v) is 13.9. The summed E-state index contributed by atoms with van der Waals surface area (Å²) in [4.78, 5) is 1.87. The fourth-order valence-corrected chi connectivity index (χ4v) is 6.01. The number of ether oxygens (including phenoxy) is 1. The van der Waals surface area contributed by atoms with Crippen molar-refractivity contribution in [3.05, 3.63) is 90.5 Å². The van der Waals surface area contributed by atoms with Crippen LogP contribution in [-0.4, -0.2) is 27.6 Å². The van der Waals surface area contributed by atoms with E-state index in [-0.39, 0.29) is 10.6 Å². The molecule has 1 saturated heterocycles. The molecule has 0 radical (unpaired) electrons. The van der Waals surface area contributed by atoms with Crippen LogP contribution in [0.25, 0.3) is 10.8 Å². The van der Waals surface area contributed by atoms with Gasteiger partial charge in [-0.15, -0.1) is 0 Å². The summed E-state index contributed by atoms with van der Waals surface area (Å²) in [6.07, 6.45) is -4.48. The molecule has 37 heavy (non-hydrogen) atoms. The van der Waals surface area contributed by atoms with Gasteiger partial charge < -0.3 is 10.1 Å². The molecule has 192 valence electrons. The Bertz CT molecular complexity index is 1520. The Balaban J connectivity index is 1.33. The molecule has 1 aliphatic rings. The van der Waals surface area contributed by atoms with E-state index in [0.717, 1.165) is 38.8 Å². The van der Waals surface area contributed by atoms with Gasteiger partial charge in [0, 0.05) is 22.4 Å². The van der Waals surface area contributed by atoms with Crippen LogP contribution in [0.15, 0.2) is 99.6 Å². The maximum atomic E-state index is 13.5. The van der Waals surface area contributed by atoms with Crippen LogP contribution in [0.2, 0.25) is 0 Å². The lowest BCUT2D eigenvalue weighted by molar-refractivity contribution is -0.139. The Kier molecular flexibility index (Phi) is 7.06. The molecule has 10 heteroatoms. The van der Waals surface area contributed by atoms with Crippen LogP contribution in [0.4, 0.5) is 18.9 Å². The minimum absolute atomic E-state index is 0.00211. The lowest BCUT2D eigenvalue weighted by Gasteiger charge is -2.19. The maximum absolute atomic E-state index is 13.5. The Hall–Kier alpha value is -3.21. The number of halogens is 3. The van der Waals surface area contributed by atoms with Crippen LogP contribution < -0.4 is 14.8 Å². The zero-order valence-corrected chi connectivity index (χ0v) is 21.1. The molecule has 0 unspecified atom stereocenters.